The van der Waals surface area contributed by atoms with Gasteiger partial charge < -0.3 is 15.8 Å². The van der Waals surface area contributed by atoms with Crippen molar-refractivity contribution in [2.45, 2.75) is 25.3 Å². The zero-order chi connectivity index (χ0) is 14.3. The van der Waals surface area contributed by atoms with Crippen LogP contribution in [0.3, 0.4) is 0 Å². The first-order valence-corrected chi connectivity index (χ1v) is 7.38. The second-order valence-corrected chi connectivity index (χ2v) is 6.21. The van der Waals surface area contributed by atoms with Crippen molar-refractivity contribution in [2.75, 3.05) is 12.4 Å². The molecule has 20 heavy (non-hydrogen) atoms. The first kappa shape index (κ1) is 13.7. The predicted molar refractivity (Wildman–Crippen MR) is 78.9 cm³/mol. The van der Waals surface area contributed by atoms with Crippen LogP contribution < -0.4 is 15.8 Å². The van der Waals surface area contributed by atoms with Crippen molar-refractivity contribution in [3.05, 3.63) is 23.2 Å². The van der Waals surface area contributed by atoms with Crippen molar-refractivity contribution in [1.29, 1.82) is 0 Å². The van der Waals surface area contributed by atoms with Crippen LogP contribution in [0.1, 0.15) is 19.3 Å². The van der Waals surface area contributed by atoms with Gasteiger partial charge in [-0.1, -0.05) is 11.6 Å². The van der Waals surface area contributed by atoms with Gasteiger partial charge in [0, 0.05) is 11.1 Å². The normalized spacial score (nSPS) is 31.4. The molecule has 4 atom stereocenters. The molecule has 2 fully saturated rings. The third-order valence-corrected chi connectivity index (χ3v) is 4.94. The van der Waals surface area contributed by atoms with E-state index in [1.165, 1.54) is 0 Å². The van der Waals surface area contributed by atoms with Crippen LogP contribution in [-0.4, -0.2) is 19.1 Å². The number of methoxy groups -OCH3 is 1. The third-order valence-electron chi connectivity index (χ3n) is 4.70. The summed E-state index contributed by atoms with van der Waals surface area (Å²) >= 11 is 5.98. The zero-order valence-electron chi connectivity index (χ0n) is 11.4. The highest BCUT2D eigenvalue weighted by Gasteiger charge is 2.49. The molecule has 0 aliphatic heterocycles. The molecular weight excluding hydrogens is 276 g/mol. The van der Waals surface area contributed by atoms with E-state index >= 15 is 0 Å². The number of hydrogen-bond donors (Lipinski definition) is 2. The standard InChI is InChI=1S/C15H19ClN2O2/c1-20-12-5-4-10(16)7-11(12)18-15(19)13-8-2-3-9(6-8)14(13)17/h4-5,7-9,13-14H,2-3,6,17H2,1H3,(H,18,19). The molecule has 3 N–H and O–H groups in total. The van der Waals surface area contributed by atoms with Gasteiger partial charge in [-0.3, -0.25) is 4.79 Å². The lowest BCUT2D eigenvalue weighted by Crippen LogP contribution is -2.42. The summed E-state index contributed by atoms with van der Waals surface area (Å²) in [5.74, 6) is 1.46. The van der Waals surface area contributed by atoms with E-state index in [4.69, 9.17) is 22.1 Å². The van der Waals surface area contributed by atoms with Gasteiger partial charge in [-0.15, -0.1) is 0 Å². The summed E-state index contributed by atoms with van der Waals surface area (Å²) in [5.41, 5.74) is 6.81. The molecule has 4 nitrogen and oxygen atoms in total. The number of ether oxygens (including phenoxy) is 1. The molecule has 0 saturated heterocycles. The molecule has 108 valence electrons. The Balaban J connectivity index is 1.78. The highest BCUT2D eigenvalue weighted by molar-refractivity contribution is 6.31. The third kappa shape index (κ3) is 2.27. The minimum atomic E-state index is -0.0857. The summed E-state index contributed by atoms with van der Waals surface area (Å²) in [4.78, 5) is 12.5. The van der Waals surface area contributed by atoms with Crippen LogP contribution in [0.5, 0.6) is 5.75 Å². The number of anilines is 1. The van der Waals surface area contributed by atoms with E-state index in [2.05, 4.69) is 5.32 Å². The van der Waals surface area contributed by atoms with Crippen molar-refractivity contribution >= 4 is 23.2 Å². The molecule has 2 saturated carbocycles. The maximum atomic E-state index is 12.5. The van der Waals surface area contributed by atoms with Crippen molar-refractivity contribution in [2.24, 2.45) is 23.5 Å². The summed E-state index contributed by atoms with van der Waals surface area (Å²) in [6.07, 6.45) is 3.37. The Kier molecular flexibility index (Phi) is 3.61. The minimum absolute atomic E-state index is 0.00901. The van der Waals surface area contributed by atoms with Crippen molar-refractivity contribution < 1.29 is 9.53 Å². The summed E-state index contributed by atoms with van der Waals surface area (Å²) in [5, 5.41) is 3.50. The van der Waals surface area contributed by atoms with Gasteiger partial charge in [0.25, 0.3) is 0 Å². The SMILES string of the molecule is COc1ccc(Cl)cc1NC(=O)C1C2CCC(C2)C1N. The summed E-state index contributed by atoms with van der Waals surface area (Å²) in [7, 11) is 1.57. The lowest BCUT2D eigenvalue weighted by molar-refractivity contribution is -0.121. The van der Waals surface area contributed by atoms with Gasteiger partial charge in [0.2, 0.25) is 5.91 Å². The van der Waals surface area contributed by atoms with E-state index in [1.807, 2.05) is 0 Å². The highest BCUT2D eigenvalue weighted by Crippen LogP contribution is 2.48. The van der Waals surface area contributed by atoms with E-state index in [0.29, 0.717) is 28.3 Å². The Morgan fingerprint density at radius 1 is 1.40 bits per heavy atom. The Morgan fingerprint density at radius 3 is 2.80 bits per heavy atom. The second-order valence-electron chi connectivity index (χ2n) is 5.77. The molecule has 2 aliphatic rings. The average molecular weight is 295 g/mol. The van der Waals surface area contributed by atoms with Crippen LogP contribution in [0.25, 0.3) is 0 Å². The van der Waals surface area contributed by atoms with Crippen LogP contribution in [0.4, 0.5) is 5.69 Å². The Morgan fingerprint density at radius 2 is 2.15 bits per heavy atom. The summed E-state index contributed by atoms with van der Waals surface area (Å²) in [6.45, 7) is 0. The molecule has 5 heteroatoms. The number of carbonyl (C=O) groups excluding carboxylic acids is 1. The molecule has 4 unspecified atom stereocenters. The van der Waals surface area contributed by atoms with Crippen molar-refractivity contribution in [1.82, 2.24) is 0 Å². The van der Waals surface area contributed by atoms with Gasteiger partial charge in [-0.05, 0) is 49.3 Å². The average Bonchev–Trinajstić information content (AvgIpc) is 2.99. The molecule has 0 spiro atoms. The smallest absolute Gasteiger partial charge is 0.229 e. The van der Waals surface area contributed by atoms with Crippen LogP contribution >= 0.6 is 11.6 Å². The van der Waals surface area contributed by atoms with Gasteiger partial charge in [0.1, 0.15) is 5.75 Å². The topological polar surface area (TPSA) is 64.3 Å². The van der Waals surface area contributed by atoms with Gasteiger partial charge >= 0.3 is 0 Å². The first-order valence-electron chi connectivity index (χ1n) is 7.00. The summed E-state index contributed by atoms with van der Waals surface area (Å²) in [6, 6.07) is 5.17. The summed E-state index contributed by atoms with van der Waals surface area (Å²) < 4.78 is 5.25. The lowest BCUT2D eigenvalue weighted by Gasteiger charge is -2.27. The number of fused-ring (bicyclic) bond motifs is 2. The molecule has 1 aromatic carbocycles. The minimum Gasteiger partial charge on any atom is -0.495 e. The molecule has 0 aromatic heterocycles. The maximum Gasteiger partial charge on any atom is 0.229 e. The molecule has 3 rings (SSSR count). The number of hydrogen-bond acceptors (Lipinski definition) is 3. The van der Waals surface area contributed by atoms with Gasteiger partial charge in [-0.2, -0.15) is 0 Å². The molecule has 2 bridgehead atoms. The van der Waals surface area contributed by atoms with Gasteiger partial charge in [0.15, 0.2) is 0 Å². The molecule has 0 heterocycles. The largest absolute Gasteiger partial charge is 0.495 e. The zero-order valence-corrected chi connectivity index (χ0v) is 12.2. The van der Waals surface area contributed by atoms with E-state index in [9.17, 15) is 4.79 Å². The van der Waals surface area contributed by atoms with Gasteiger partial charge in [0.05, 0.1) is 18.7 Å². The van der Waals surface area contributed by atoms with Crippen molar-refractivity contribution in [3.8, 4) is 5.75 Å². The van der Waals surface area contributed by atoms with Crippen molar-refractivity contribution in [3.63, 3.8) is 0 Å². The Hall–Kier alpha value is -1.26. The number of halogens is 1. The number of rotatable bonds is 3. The van der Waals surface area contributed by atoms with E-state index in [0.717, 1.165) is 19.3 Å². The molecular formula is C15H19ClN2O2. The number of carbonyl (C=O) groups is 1. The van der Waals surface area contributed by atoms with Crippen LogP contribution in [-0.2, 0) is 4.79 Å². The molecule has 1 amide bonds. The molecule has 2 aliphatic carbocycles. The first-order chi connectivity index (χ1) is 9.60. The molecule has 0 radical (unpaired) electrons. The van der Waals surface area contributed by atoms with Crippen LogP contribution in [0.15, 0.2) is 18.2 Å². The quantitative estimate of drug-likeness (QED) is 0.901. The van der Waals surface area contributed by atoms with E-state index < -0.39 is 0 Å². The maximum absolute atomic E-state index is 12.5. The van der Waals surface area contributed by atoms with Crippen LogP contribution in [0, 0.1) is 17.8 Å². The van der Waals surface area contributed by atoms with E-state index in [-0.39, 0.29) is 17.9 Å². The highest BCUT2D eigenvalue weighted by atomic mass is 35.5. The Labute approximate surface area is 123 Å². The van der Waals surface area contributed by atoms with E-state index in [1.54, 1.807) is 25.3 Å². The number of benzene rings is 1. The van der Waals surface area contributed by atoms with Gasteiger partial charge in [-0.25, -0.2) is 0 Å². The number of amides is 1. The fraction of sp³-hybridized carbons (Fsp3) is 0.533. The monoisotopic (exact) mass is 294 g/mol. The number of nitrogens with two attached hydrogens (primary N) is 1. The fourth-order valence-corrected chi connectivity index (χ4v) is 3.89. The number of nitrogens with one attached hydrogen (secondary N) is 1. The Bertz CT molecular complexity index is 533. The predicted octanol–water partition coefficient (Wildman–Crippen LogP) is 2.66. The second kappa shape index (κ2) is 5.26. The lowest BCUT2D eigenvalue weighted by atomic mass is 9.84. The molecule has 1 aromatic rings. The fourth-order valence-electron chi connectivity index (χ4n) is 3.72. The van der Waals surface area contributed by atoms with Crippen LogP contribution in [0.2, 0.25) is 5.02 Å².